The second kappa shape index (κ2) is 11.1. The Morgan fingerprint density at radius 2 is 2.00 bits per heavy atom. The SMILES string of the molecule is N=C(N)c1ccc(OC(=O)c2ccc(CN3CCC[C@@H]3C(=O)N[C@@H](CC(=O)O)C(=O)O)s2)c(F)c1. The number of rotatable bonds is 10. The summed E-state index contributed by atoms with van der Waals surface area (Å²) in [5.74, 6) is -5.58. The summed E-state index contributed by atoms with van der Waals surface area (Å²) in [6, 6.07) is 4.58. The Bertz CT molecular complexity index is 1170. The van der Waals surface area contributed by atoms with Gasteiger partial charge in [0.25, 0.3) is 0 Å². The molecular formula is C22H23FN4O7S. The zero-order valence-electron chi connectivity index (χ0n) is 18.3. The van der Waals surface area contributed by atoms with Gasteiger partial charge in [-0.05, 0) is 49.7 Å². The topological polar surface area (TPSA) is 183 Å². The van der Waals surface area contributed by atoms with Crippen LogP contribution in [0.15, 0.2) is 30.3 Å². The van der Waals surface area contributed by atoms with Gasteiger partial charge in [0.05, 0.1) is 12.5 Å². The van der Waals surface area contributed by atoms with Crippen molar-refractivity contribution in [2.24, 2.45) is 5.73 Å². The predicted octanol–water partition coefficient (Wildman–Crippen LogP) is 1.40. The highest BCUT2D eigenvalue weighted by Gasteiger charge is 2.34. The van der Waals surface area contributed by atoms with Crippen molar-refractivity contribution in [2.45, 2.75) is 37.9 Å². The summed E-state index contributed by atoms with van der Waals surface area (Å²) in [6.45, 7) is 0.856. The lowest BCUT2D eigenvalue weighted by Gasteiger charge is -2.24. The van der Waals surface area contributed by atoms with Crippen LogP contribution in [0, 0.1) is 11.2 Å². The van der Waals surface area contributed by atoms with Crippen molar-refractivity contribution in [3.8, 4) is 5.75 Å². The summed E-state index contributed by atoms with van der Waals surface area (Å²) in [5, 5.41) is 27.6. The molecule has 1 amide bonds. The van der Waals surface area contributed by atoms with Crippen LogP contribution in [0.4, 0.5) is 4.39 Å². The third kappa shape index (κ3) is 6.61. The van der Waals surface area contributed by atoms with Crippen molar-refractivity contribution in [3.05, 3.63) is 51.5 Å². The van der Waals surface area contributed by atoms with Crippen LogP contribution >= 0.6 is 11.3 Å². The molecule has 0 unspecified atom stereocenters. The molecule has 1 fully saturated rings. The number of thiophene rings is 1. The highest BCUT2D eigenvalue weighted by Crippen LogP contribution is 2.26. The van der Waals surface area contributed by atoms with Crippen LogP contribution in [-0.2, 0) is 20.9 Å². The van der Waals surface area contributed by atoms with E-state index in [0.717, 1.165) is 22.3 Å². The van der Waals surface area contributed by atoms with Crippen LogP contribution in [0.3, 0.4) is 0 Å². The molecule has 1 aliphatic heterocycles. The number of nitrogen functional groups attached to an aromatic ring is 1. The average Bonchev–Trinajstić information content (AvgIpc) is 3.44. The maximum Gasteiger partial charge on any atom is 0.353 e. The van der Waals surface area contributed by atoms with E-state index in [1.165, 1.54) is 18.2 Å². The quantitative estimate of drug-likeness (QED) is 0.138. The number of hydrogen-bond acceptors (Lipinski definition) is 8. The molecule has 0 spiro atoms. The van der Waals surface area contributed by atoms with Gasteiger partial charge in [-0.1, -0.05) is 0 Å². The van der Waals surface area contributed by atoms with Gasteiger partial charge in [0.2, 0.25) is 5.91 Å². The molecular weight excluding hydrogens is 483 g/mol. The Kier molecular flexibility index (Phi) is 8.14. The van der Waals surface area contributed by atoms with Crippen molar-refractivity contribution in [2.75, 3.05) is 6.54 Å². The van der Waals surface area contributed by atoms with Crippen molar-refractivity contribution in [1.82, 2.24) is 10.2 Å². The molecule has 11 nitrogen and oxygen atoms in total. The van der Waals surface area contributed by atoms with Gasteiger partial charge in [0.1, 0.15) is 16.8 Å². The van der Waals surface area contributed by atoms with Crippen LogP contribution in [0.1, 0.15) is 39.4 Å². The number of carbonyl (C=O) groups is 4. The minimum absolute atomic E-state index is 0.155. The van der Waals surface area contributed by atoms with E-state index in [1.54, 1.807) is 6.07 Å². The second-order valence-electron chi connectivity index (χ2n) is 7.84. The van der Waals surface area contributed by atoms with E-state index in [9.17, 15) is 23.6 Å². The third-order valence-electron chi connectivity index (χ3n) is 5.33. The smallest absolute Gasteiger partial charge is 0.353 e. The molecule has 2 heterocycles. The molecule has 1 aliphatic rings. The molecule has 1 aromatic carbocycles. The van der Waals surface area contributed by atoms with Gasteiger partial charge in [-0.3, -0.25) is 19.9 Å². The number of carboxylic acids is 2. The molecule has 1 aromatic heterocycles. The van der Waals surface area contributed by atoms with Gasteiger partial charge in [-0.15, -0.1) is 11.3 Å². The molecule has 2 aromatic rings. The van der Waals surface area contributed by atoms with Gasteiger partial charge in [-0.2, -0.15) is 0 Å². The number of carboxylic acid groups (broad SMARTS) is 2. The standard InChI is InChI=1S/C22H23FN4O7S/c23-13-8-11(19(24)25)3-5-16(13)34-22(33)17-6-4-12(35-17)10-27-7-1-2-15(27)20(30)26-14(21(31)32)9-18(28)29/h3-6,8,14-15H,1-2,7,9-10H2,(H3,24,25)(H,26,30)(H,28,29)(H,31,32)/t14-,15+/m0/s1. The molecule has 1 saturated heterocycles. The van der Waals surface area contributed by atoms with E-state index in [0.29, 0.717) is 25.9 Å². The number of carbonyl (C=O) groups excluding carboxylic acids is 2. The van der Waals surface area contributed by atoms with Gasteiger partial charge < -0.3 is 26.0 Å². The molecule has 3 rings (SSSR count). The van der Waals surface area contributed by atoms with E-state index in [4.69, 9.17) is 26.1 Å². The first-order chi connectivity index (χ1) is 16.5. The zero-order chi connectivity index (χ0) is 25.7. The Morgan fingerprint density at radius 3 is 2.63 bits per heavy atom. The first kappa shape index (κ1) is 25.8. The fourth-order valence-corrected chi connectivity index (χ4v) is 4.54. The maximum atomic E-state index is 14.2. The molecule has 6 N–H and O–H groups in total. The van der Waals surface area contributed by atoms with Crippen LogP contribution in [0.2, 0.25) is 0 Å². The Balaban J connectivity index is 1.63. The number of ether oxygens (including phenoxy) is 1. The molecule has 186 valence electrons. The summed E-state index contributed by atoms with van der Waals surface area (Å²) in [6.07, 6.45) is 0.424. The lowest BCUT2D eigenvalue weighted by Crippen LogP contribution is -2.49. The van der Waals surface area contributed by atoms with E-state index in [2.05, 4.69) is 5.32 Å². The highest BCUT2D eigenvalue weighted by atomic mass is 32.1. The molecule has 13 heteroatoms. The maximum absolute atomic E-state index is 14.2. The fourth-order valence-electron chi connectivity index (χ4n) is 3.63. The number of likely N-dealkylation sites (tertiary alicyclic amines) is 1. The lowest BCUT2D eigenvalue weighted by atomic mass is 10.1. The van der Waals surface area contributed by atoms with Crippen LogP contribution in [-0.4, -0.2) is 63.4 Å². The van der Waals surface area contributed by atoms with Gasteiger partial charge in [0.15, 0.2) is 11.6 Å². The average molecular weight is 507 g/mol. The summed E-state index contributed by atoms with van der Waals surface area (Å²) in [5.41, 5.74) is 5.47. The molecule has 0 bridgehead atoms. The molecule has 35 heavy (non-hydrogen) atoms. The van der Waals surface area contributed by atoms with Crippen LogP contribution in [0.25, 0.3) is 0 Å². The minimum atomic E-state index is -1.53. The summed E-state index contributed by atoms with van der Waals surface area (Å²) in [7, 11) is 0. The summed E-state index contributed by atoms with van der Waals surface area (Å²) < 4.78 is 19.3. The van der Waals surface area contributed by atoms with Crippen LogP contribution in [0.5, 0.6) is 5.75 Å². The number of nitrogens with zero attached hydrogens (tertiary/aromatic N) is 1. The number of halogens is 1. The fraction of sp³-hybridized carbons (Fsp3) is 0.318. The number of amidine groups is 1. The van der Waals surface area contributed by atoms with E-state index >= 15 is 0 Å². The molecule has 0 radical (unpaired) electrons. The zero-order valence-corrected chi connectivity index (χ0v) is 19.1. The number of amides is 1. The van der Waals surface area contributed by atoms with Crippen molar-refractivity contribution in [3.63, 3.8) is 0 Å². The number of nitrogens with two attached hydrogens (primary N) is 1. The van der Waals surface area contributed by atoms with Crippen molar-refractivity contribution < 1.29 is 38.5 Å². The van der Waals surface area contributed by atoms with E-state index in [1.807, 2.05) is 4.90 Å². The van der Waals surface area contributed by atoms with Gasteiger partial charge >= 0.3 is 17.9 Å². The molecule has 0 saturated carbocycles. The summed E-state index contributed by atoms with van der Waals surface area (Å²) in [4.78, 5) is 49.9. The summed E-state index contributed by atoms with van der Waals surface area (Å²) >= 11 is 1.11. The normalized spacial score (nSPS) is 16.4. The van der Waals surface area contributed by atoms with E-state index < -0.39 is 48.1 Å². The molecule has 0 aliphatic carbocycles. The highest BCUT2D eigenvalue weighted by molar-refractivity contribution is 7.13. The largest absolute Gasteiger partial charge is 0.481 e. The molecule has 2 atom stereocenters. The van der Waals surface area contributed by atoms with Crippen LogP contribution < -0.4 is 15.8 Å². The van der Waals surface area contributed by atoms with Gasteiger partial charge in [0, 0.05) is 17.0 Å². The van der Waals surface area contributed by atoms with Crippen molar-refractivity contribution >= 4 is 41.0 Å². The second-order valence-corrected chi connectivity index (χ2v) is 9.01. The first-order valence-corrected chi connectivity index (χ1v) is 11.3. The number of aliphatic carboxylic acids is 2. The minimum Gasteiger partial charge on any atom is -0.481 e. The first-order valence-electron chi connectivity index (χ1n) is 10.5. The Morgan fingerprint density at radius 1 is 1.26 bits per heavy atom. The Labute approximate surface area is 202 Å². The number of esters is 1. The predicted molar refractivity (Wildman–Crippen MR) is 122 cm³/mol. The lowest BCUT2D eigenvalue weighted by molar-refractivity contribution is -0.147. The number of benzene rings is 1. The third-order valence-corrected chi connectivity index (χ3v) is 6.38. The monoisotopic (exact) mass is 506 g/mol. The van der Waals surface area contributed by atoms with Gasteiger partial charge in [-0.25, -0.2) is 14.0 Å². The number of nitrogens with one attached hydrogen (secondary N) is 2. The van der Waals surface area contributed by atoms with E-state index in [-0.39, 0.29) is 22.0 Å². The number of hydrogen-bond donors (Lipinski definition) is 5. The Hall–Kier alpha value is -3.84. The van der Waals surface area contributed by atoms with Crippen molar-refractivity contribution in [1.29, 1.82) is 5.41 Å².